The van der Waals surface area contributed by atoms with E-state index in [1.165, 1.54) is 37.7 Å². The predicted octanol–water partition coefficient (Wildman–Crippen LogP) is 6.40. The van der Waals surface area contributed by atoms with Gasteiger partial charge >= 0.3 is 0 Å². The molecule has 0 aromatic heterocycles. The maximum absolute atomic E-state index is 6.14. The van der Waals surface area contributed by atoms with Crippen molar-refractivity contribution in [1.82, 2.24) is 5.32 Å². The van der Waals surface area contributed by atoms with Crippen LogP contribution in [-0.2, 0) is 13.2 Å². The molecule has 0 bridgehead atoms. The molecule has 0 amide bonds. The minimum absolute atomic E-state index is 0. The summed E-state index contributed by atoms with van der Waals surface area (Å²) < 4.78 is 5.80. The standard InChI is InChI=1S/C21H28ClNO.ClH/c1-2-3-4-5-8-15-23-16-18-11-13-20(14-12-18)24-17-19-9-6-7-10-21(19)22;/h6-7,9-14,23H,2-5,8,15-17H2,1H3;1H. The molecule has 4 heteroatoms. The highest BCUT2D eigenvalue weighted by Crippen LogP contribution is 2.19. The molecule has 2 aromatic carbocycles. The Kier molecular flexibility index (Phi) is 11.4. The number of unbranched alkanes of at least 4 members (excludes halogenated alkanes) is 4. The highest BCUT2D eigenvalue weighted by atomic mass is 35.5. The molecule has 0 radical (unpaired) electrons. The molecule has 138 valence electrons. The molecule has 0 aliphatic heterocycles. The molecular weight excluding hydrogens is 353 g/mol. The number of rotatable bonds is 11. The summed E-state index contributed by atoms with van der Waals surface area (Å²) in [6, 6.07) is 16.1. The molecule has 2 rings (SSSR count). The van der Waals surface area contributed by atoms with Crippen LogP contribution in [0.3, 0.4) is 0 Å². The van der Waals surface area contributed by atoms with Crippen molar-refractivity contribution in [1.29, 1.82) is 0 Å². The van der Waals surface area contributed by atoms with Crippen molar-refractivity contribution in [3.63, 3.8) is 0 Å². The van der Waals surface area contributed by atoms with Crippen molar-refractivity contribution in [2.45, 2.75) is 52.2 Å². The lowest BCUT2D eigenvalue weighted by Crippen LogP contribution is -2.14. The average molecular weight is 382 g/mol. The molecule has 0 aliphatic carbocycles. The Morgan fingerprint density at radius 1 is 0.920 bits per heavy atom. The molecule has 0 unspecified atom stereocenters. The van der Waals surface area contributed by atoms with Crippen LogP contribution in [-0.4, -0.2) is 6.54 Å². The van der Waals surface area contributed by atoms with E-state index in [2.05, 4.69) is 24.4 Å². The van der Waals surface area contributed by atoms with E-state index in [4.69, 9.17) is 16.3 Å². The van der Waals surface area contributed by atoms with Gasteiger partial charge in [0.1, 0.15) is 12.4 Å². The number of nitrogens with one attached hydrogen (secondary N) is 1. The van der Waals surface area contributed by atoms with Crippen LogP contribution in [0, 0.1) is 0 Å². The number of benzene rings is 2. The summed E-state index contributed by atoms with van der Waals surface area (Å²) in [5, 5.41) is 4.25. The molecule has 0 saturated heterocycles. The fraction of sp³-hybridized carbons (Fsp3) is 0.429. The van der Waals surface area contributed by atoms with Crippen molar-refractivity contribution in [3.05, 3.63) is 64.7 Å². The number of ether oxygens (including phenoxy) is 1. The first-order chi connectivity index (χ1) is 11.8. The molecular formula is C21H29Cl2NO. The van der Waals surface area contributed by atoms with E-state index >= 15 is 0 Å². The molecule has 0 spiro atoms. The van der Waals surface area contributed by atoms with Crippen LogP contribution < -0.4 is 10.1 Å². The molecule has 0 atom stereocenters. The maximum Gasteiger partial charge on any atom is 0.119 e. The van der Waals surface area contributed by atoms with E-state index in [0.717, 1.165) is 29.4 Å². The van der Waals surface area contributed by atoms with Crippen molar-refractivity contribution in [2.24, 2.45) is 0 Å². The van der Waals surface area contributed by atoms with Crippen LogP contribution >= 0.6 is 24.0 Å². The van der Waals surface area contributed by atoms with E-state index in [-0.39, 0.29) is 12.4 Å². The second kappa shape index (κ2) is 13.0. The van der Waals surface area contributed by atoms with Gasteiger partial charge in [-0.25, -0.2) is 0 Å². The van der Waals surface area contributed by atoms with Crippen molar-refractivity contribution < 1.29 is 4.74 Å². The van der Waals surface area contributed by atoms with Gasteiger partial charge in [0.2, 0.25) is 0 Å². The lowest BCUT2D eigenvalue weighted by Gasteiger charge is -2.09. The zero-order valence-electron chi connectivity index (χ0n) is 15.0. The number of hydrogen-bond acceptors (Lipinski definition) is 2. The largest absolute Gasteiger partial charge is 0.489 e. The van der Waals surface area contributed by atoms with Gasteiger partial charge in [0, 0.05) is 17.1 Å². The summed E-state index contributed by atoms with van der Waals surface area (Å²) in [6.07, 6.45) is 6.61. The van der Waals surface area contributed by atoms with Gasteiger partial charge in [-0.2, -0.15) is 0 Å². The first-order valence-electron chi connectivity index (χ1n) is 8.95. The summed E-state index contributed by atoms with van der Waals surface area (Å²) in [7, 11) is 0. The Balaban J connectivity index is 0.00000312. The van der Waals surface area contributed by atoms with Crippen molar-refractivity contribution in [2.75, 3.05) is 6.54 Å². The normalized spacial score (nSPS) is 10.3. The van der Waals surface area contributed by atoms with Crippen LogP contribution in [0.4, 0.5) is 0 Å². The van der Waals surface area contributed by atoms with Gasteiger partial charge in [0.15, 0.2) is 0 Å². The summed E-state index contributed by atoms with van der Waals surface area (Å²) in [6.45, 7) is 4.75. The first kappa shape index (κ1) is 21.8. The Labute approximate surface area is 163 Å². The average Bonchev–Trinajstić information content (AvgIpc) is 2.61. The van der Waals surface area contributed by atoms with E-state index in [1.54, 1.807) is 0 Å². The van der Waals surface area contributed by atoms with Crippen molar-refractivity contribution in [3.8, 4) is 5.75 Å². The van der Waals surface area contributed by atoms with E-state index in [9.17, 15) is 0 Å². The lowest BCUT2D eigenvalue weighted by atomic mass is 10.1. The SMILES string of the molecule is CCCCCCCNCc1ccc(OCc2ccccc2Cl)cc1.Cl. The Morgan fingerprint density at radius 3 is 2.36 bits per heavy atom. The third-order valence-electron chi connectivity index (χ3n) is 4.06. The maximum atomic E-state index is 6.14. The molecule has 1 N–H and O–H groups in total. The zero-order chi connectivity index (χ0) is 17.0. The molecule has 0 heterocycles. The van der Waals surface area contributed by atoms with Crippen molar-refractivity contribution >= 4 is 24.0 Å². The van der Waals surface area contributed by atoms with Gasteiger partial charge < -0.3 is 10.1 Å². The fourth-order valence-electron chi connectivity index (χ4n) is 2.57. The summed E-state index contributed by atoms with van der Waals surface area (Å²) >= 11 is 6.14. The quantitative estimate of drug-likeness (QED) is 0.454. The molecule has 0 fully saturated rings. The Bertz CT molecular complexity index is 587. The van der Waals surface area contributed by atoms with Crippen LogP contribution in [0.2, 0.25) is 5.02 Å². The highest BCUT2D eigenvalue weighted by molar-refractivity contribution is 6.31. The molecule has 2 nitrogen and oxygen atoms in total. The second-order valence-electron chi connectivity index (χ2n) is 6.12. The van der Waals surface area contributed by atoms with Gasteiger partial charge in [-0.3, -0.25) is 0 Å². The van der Waals surface area contributed by atoms with Gasteiger partial charge in [-0.15, -0.1) is 12.4 Å². The molecule has 0 aliphatic rings. The van der Waals surface area contributed by atoms with E-state index < -0.39 is 0 Å². The van der Waals surface area contributed by atoms with Gasteiger partial charge in [-0.05, 0) is 36.7 Å². The summed E-state index contributed by atoms with van der Waals surface area (Å²) in [4.78, 5) is 0. The summed E-state index contributed by atoms with van der Waals surface area (Å²) in [5.74, 6) is 0.873. The third-order valence-corrected chi connectivity index (χ3v) is 4.43. The zero-order valence-corrected chi connectivity index (χ0v) is 16.5. The predicted molar refractivity (Wildman–Crippen MR) is 110 cm³/mol. The van der Waals surface area contributed by atoms with Gasteiger partial charge in [0.05, 0.1) is 0 Å². The lowest BCUT2D eigenvalue weighted by molar-refractivity contribution is 0.306. The van der Waals surface area contributed by atoms with Crippen LogP contribution in [0.1, 0.15) is 50.2 Å². The smallest absolute Gasteiger partial charge is 0.119 e. The third kappa shape index (κ3) is 8.62. The Morgan fingerprint density at radius 2 is 1.64 bits per heavy atom. The monoisotopic (exact) mass is 381 g/mol. The van der Waals surface area contributed by atoms with Crippen LogP contribution in [0.5, 0.6) is 5.75 Å². The summed E-state index contributed by atoms with van der Waals surface area (Å²) in [5.41, 5.74) is 2.29. The van der Waals surface area contributed by atoms with E-state index in [0.29, 0.717) is 6.61 Å². The Hall–Kier alpha value is -1.22. The minimum atomic E-state index is 0. The van der Waals surface area contributed by atoms with Crippen LogP contribution in [0.15, 0.2) is 48.5 Å². The van der Waals surface area contributed by atoms with E-state index in [1.807, 2.05) is 36.4 Å². The first-order valence-corrected chi connectivity index (χ1v) is 9.33. The number of hydrogen-bond donors (Lipinski definition) is 1. The molecule has 0 saturated carbocycles. The number of halogens is 2. The second-order valence-corrected chi connectivity index (χ2v) is 6.52. The molecule has 2 aromatic rings. The fourth-order valence-corrected chi connectivity index (χ4v) is 2.76. The highest BCUT2D eigenvalue weighted by Gasteiger charge is 2.01. The molecule has 25 heavy (non-hydrogen) atoms. The minimum Gasteiger partial charge on any atom is -0.489 e. The van der Waals surface area contributed by atoms with Crippen LogP contribution in [0.25, 0.3) is 0 Å². The topological polar surface area (TPSA) is 21.3 Å². The van der Waals surface area contributed by atoms with Gasteiger partial charge in [0.25, 0.3) is 0 Å². The van der Waals surface area contributed by atoms with Gasteiger partial charge in [-0.1, -0.05) is 74.5 Å².